The van der Waals surface area contributed by atoms with Gasteiger partial charge in [-0.2, -0.15) is 4.98 Å². The summed E-state index contributed by atoms with van der Waals surface area (Å²) >= 11 is 0. The number of alkyl halides is 1. The summed E-state index contributed by atoms with van der Waals surface area (Å²) in [6.45, 7) is -0.939. The minimum Gasteiger partial charge on any atom is -0.393 e. The number of aliphatic hydroxyl groups is 2. The highest BCUT2D eigenvalue weighted by Crippen LogP contribution is 2.39. The predicted molar refractivity (Wildman–Crippen MR) is 68.0 cm³/mol. The van der Waals surface area contributed by atoms with Crippen molar-refractivity contribution < 1.29 is 19.3 Å². The van der Waals surface area contributed by atoms with E-state index in [1.807, 2.05) is 0 Å². The van der Waals surface area contributed by atoms with E-state index in [0.29, 0.717) is 0 Å². The zero-order chi connectivity index (χ0) is 15.6. The lowest BCUT2D eigenvalue weighted by molar-refractivity contribution is -0.124. The molecule has 1 unspecified atom stereocenters. The normalized spacial score (nSPS) is 31.7. The van der Waals surface area contributed by atoms with Crippen molar-refractivity contribution >= 4 is 5.82 Å². The molecule has 0 spiro atoms. The van der Waals surface area contributed by atoms with Gasteiger partial charge < -0.3 is 20.3 Å². The van der Waals surface area contributed by atoms with Gasteiger partial charge in [0.05, 0.1) is 6.61 Å². The summed E-state index contributed by atoms with van der Waals surface area (Å²) in [5.74, 6) is 0.272. The van der Waals surface area contributed by atoms with Crippen LogP contribution in [0.1, 0.15) is 6.23 Å². The molecule has 4 atom stereocenters. The van der Waals surface area contributed by atoms with E-state index < -0.39 is 36.5 Å². The van der Waals surface area contributed by atoms with Crippen LogP contribution in [0.5, 0.6) is 0 Å². The average molecular weight is 300 g/mol. The Kier molecular flexibility index (Phi) is 4.09. The minimum atomic E-state index is -2.18. The zero-order valence-corrected chi connectivity index (χ0v) is 10.9. The average Bonchev–Trinajstić information content (AvgIpc) is 2.73. The molecule has 1 fully saturated rings. The number of hydrogen-bond acceptors (Lipinski definition) is 7. The van der Waals surface area contributed by atoms with Crippen LogP contribution in [-0.4, -0.2) is 51.4 Å². The van der Waals surface area contributed by atoms with E-state index in [2.05, 4.69) is 20.3 Å². The van der Waals surface area contributed by atoms with Gasteiger partial charge >= 0.3 is 5.69 Å². The molecule has 114 valence electrons. The fourth-order valence-corrected chi connectivity index (χ4v) is 2.03. The molecule has 1 aliphatic rings. The first-order valence-corrected chi connectivity index (χ1v) is 5.93. The van der Waals surface area contributed by atoms with Crippen LogP contribution in [0.15, 0.2) is 22.2 Å². The molecule has 2 rings (SSSR count). The third-order valence-corrected chi connectivity index (χ3v) is 3.16. The lowest BCUT2D eigenvalue weighted by atomic mass is 10.1. The number of anilines is 1. The first-order chi connectivity index (χ1) is 9.99. The standard InChI is InChI=1S/C10H13FN6O4/c1-13-5-2-3-17(9(20)14-5)8-6(11)7(19)10(4-18,21-8)15-16-12/h2-3,6-8,18-19H,4H2,1H3,(H,13,14,20)/t6-,7?,8+,10+/m0/s1. The second kappa shape index (κ2) is 5.66. The molecule has 11 heteroatoms. The fourth-order valence-electron chi connectivity index (χ4n) is 2.03. The van der Waals surface area contributed by atoms with E-state index in [9.17, 15) is 19.4 Å². The number of nitrogens with zero attached hydrogens (tertiary/aromatic N) is 5. The van der Waals surface area contributed by atoms with Crippen LogP contribution >= 0.6 is 0 Å². The molecule has 10 nitrogen and oxygen atoms in total. The van der Waals surface area contributed by atoms with Gasteiger partial charge in [0.1, 0.15) is 11.9 Å². The number of nitrogens with one attached hydrogen (secondary N) is 1. The van der Waals surface area contributed by atoms with Crippen LogP contribution in [0.25, 0.3) is 10.4 Å². The summed E-state index contributed by atoms with van der Waals surface area (Å²) in [6, 6.07) is 1.40. The van der Waals surface area contributed by atoms with Crippen molar-refractivity contribution in [1.82, 2.24) is 9.55 Å². The Labute approximate surface area is 117 Å². The summed E-state index contributed by atoms with van der Waals surface area (Å²) in [4.78, 5) is 17.9. The van der Waals surface area contributed by atoms with Gasteiger partial charge in [-0.25, -0.2) is 9.18 Å². The Balaban J connectivity index is 2.42. The van der Waals surface area contributed by atoms with Crippen molar-refractivity contribution in [3.05, 3.63) is 33.2 Å². The Morgan fingerprint density at radius 3 is 3.00 bits per heavy atom. The Hall–Kier alpha value is -2.20. The monoisotopic (exact) mass is 300 g/mol. The maximum absolute atomic E-state index is 14.2. The van der Waals surface area contributed by atoms with Crippen LogP contribution in [-0.2, 0) is 4.74 Å². The second-order valence-electron chi connectivity index (χ2n) is 4.34. The Morgan fingerprint density at radius 1 is 1.76 bits per heavy atom. The van der Waals surface area contributed by atoms with Crippen LogP contribution < -0.4 is 11.0 Å². The number of aromatic nitrogens is 2. The number of azide groups is 1. The summed E-state index contributed by atoms with van der Waals surface area (Å²) in [7, 11) is 1.55. The molecule has 1 saturated heterocycles. The smallest absolute Gasteiger partial charge is 0.351 e. The second-order valence-corrected chi connectivity index (χ2v) is 4.34. The highest BCUT2D eigenvalue weighted by atomic mass is 19.1. The van der Waals surface area contributed by atoms with E-state index in [4.69, 9.17) is 10.3 Å². The Bertz CT molecular complexity index is 632. The van der Waals surface area contributed by atoms with Crippen LogP contribution in [0.3, 0.4) is 0 Å². The molecule has 0 radical (unpaired) electrons. The van der Waals surface area contributed by atoms with Gasteiger partial charge in [0.15, 0.2) is 12.4 Å². The van der Waals surface area contributed by atoms with E-state index >= 15 is 0 Å². The number of hydrogen-bond donors (Lipinski definition) is 3. The van der Waals surface area contributed by atoms with Gasteiger partial charge in [-0.15, -0.1) is 0 Å². The van der Waals surface area contributed by atoms with Crippen LogP contribution in [0, 0.1) is 0 Å². The molecule has 1 aliphatic heterocycles. The number of rotatable bonds is 4. The third kappa shape index (κ3) is 2.43. The molecule has 0 amide bonds. The van der Waals surface area contributed by atoms with Crippen molar-refractivity contribution in [2.24, 2.45) is 5.11 Å². The van der Waals surface area contributed by atoms with Crippen LogP contribution in [0.4, 0.5) is 10.2 Å². The summed E-state index contributed by atoms with van der Waals surface area (Å²) in [5.41, 5.74) is 5.45. The van der Waals surface area contributed by atoms with Crippen molar-refractivity contribution in [3.63, 3.8) is 0 Å². The Morgan fingerprint density at radius 2 is 2.48 bits per heavy atom. The number of ether oxygens (including phenoxy) is 1. The largest absolute Gasteiger partial charge is 0.393 e. The maximum Gasteiger partial charge on any atom is 0.351 e. The van der Waals surface area contributed by atoms with Gasteiger partial charge in [-0.3, -0.25) is 4.57 Å². The van der Waals surface area contributed by atoms with Gasteiger partial charge in [0.2, 0.25) is 5.72 Å². The van der Waals surface area contributed by atoms with Gasteiger partial charge in [0.25, 0.3) is 0 Å². The van der Waals surface area contributed by atoms with E-state index in [0.717, 1.165) is 4.57 Å². The summed E-state index contributed by atoms with van der Waals surface area (Å²) in [5, 5.41) is 24.8. The minimum absolute atomic E-state index is 0.272. The fraction of sp³-hybridized carbons (Fsp3) is 0.600. The molecular formula is C10H13FN6O4. The molecule has 3 N–H and O–H groups in total. The summed E-state index contributed by atoms with van der Waals surface area (Å²) < 4.78 is 20.1. The topological polar surface area (TPSA) is 145 Å². The van der Waals surface area contributed by atoms with Gasteiger partial charge in [-0.05, 0) is 11.6 Å². The van der Waals surface area contributed by atoms with Crippen molar-refractivity contribution in [2.75, 3.05) is 19.0 Å². The molecule has 0 aliphatic carbocycles. The van der Waals surface area contributed by atoms with E-state index in [1.165, 1.54) is 12.3 Å². The zero-order valence-electron chi connectivity index (χ0n) is 10.9. The molecule has 0 saturated carbocycles. The van der Waals surface area contributed by atoms with Crippen molar-refractivity contribution in [1.29, 1.82) is 0 Å². The quantitative estimate of drug-likeness (QED) is 0.388. The van der Waals surface area contributed by atoms with E-state index in [-0.39, 0.29) is 5.82 Å². The lowest BCUT2D eigenvalue weighted by Crippen LogP contribution is -2.43. The number of aliphatic hydroxyl groups excluding tert-OH is 2. The van der Waals surface area contributed by atoms with Crippen LogP contribution in [0.2, 0.25) is 0 Å². The first kappa shape index (κ1) is 15.2. The molecule has 0 bridgehead atoms. The molecular weight excluding hydrogens is 287 g/mol. The predicted octanol–water partition coefficient (Wildman–Crippen LogP) is -0.488. The SMILES string of the molecule is CNc1ccn([C@@H]2O[C@@](CO)(N=[N+]=[N-])C(O)[C@@H]2F)c(=O)n1. The van der Waals surface area contributed by atoms with Gasteiger partial charge in [-0.1, -0.05) is 5.11 Å². The molecule has 0 aromatic carbocycles. The highest BCUT2D eigenvalue weighted by molar-refractivity contribution is 5.30. The summed E-state index contributed by atoms with van der Waals surface area (Å²) in [6.07, 6.45) is -4.35. The molecule has 1 aromatic rings. The molecule has 2 heterocycles. The van der Waals surface area contributed by atoms with Crippen molar-refractivity contribution in [2.45, 2.75) is 24.2 Å². The maximum atomic E-state index is 14.2. The molecule has 1 aromatic heterocycles. The first-order valence-electron chi connectivity index (χ1n) is 5.93. The highest BCUT2D eigenvalue weighted by Gasteiger charge is 2.56. The van der Waals surface area contributed by atoms with Gasteiger partial charge in [0, 0.05) is 18.2 Å². The van der Waals surface area contributed by atoms with Crippen molar-refractivity contribution in [3.8, 4) is 0 Å². The lowest BCUT2D eigenvalue weighted by Gasteiger charge is -2.23. The molecule has 21 heavy (non-hydrogen) atoms. The number of halogens is 1. The van der Waals surface area contributed by atoms with E-state index in [1.54, 1.807) is 7.05 Å². The third-order valence-electron chi connectivity index (χ3n) is 3.16.